The van der Waals surface area contributed by atoms with Gasteiger partial charge in [0, 0.05) is 18.5 Å². The van der Waals surface area contributed by atoms with Gasteiger partial charge in [-0.3, -0.25) is 9.36 Å². The van der Waals surface area contributed by atoms with E-state index in [0.717, 1.165) is 29.5 Å². The van der Waals surface area contributed by atoms with Crippen LogP contribution in [0.2, 0.25) is 0 Å². The molecule has 0 saturated heterocycles. The van der Waals surface area contributed by atoms with E-state index in [2.05, 4.69) is 12.2 Å². The molecule has 0 radical (unpaired) electrons. The lowest BCUT2D eigenvalue weighted by atomic mass is 9.98. The van der Waals surface area contributed by atoms with Crippen molar-refractivity contribution in [1.82, 2.24) is 5.32 Å². The third-order valence-corrected chi connectivity index (χ3v) is 5.63. The fraction of sp³-hybridized carbons (Fsp3) is 0.667. The number of Topliss-reactive ketones (excluding diaryl/α,β-unsaturated/α-hetero) is 1. The van der Waals surface area contributed by atoms with Crippen molar-refractivity contribution in [3.8, 4) is 0 Å². The Labute approximate surface area is 164 Å². The fourth-order valence-corrected chi connectivity index (χ4v) is 3.74. The normalized spacial score (nSPS) is 11.7. The van der Waals surface area contributed by atoms with Crippen molar-refractivity contribution >= 4 is 13.4 Å². The van der Waals surface area contributed by atoms with Crippen LogP contribution in [-0.4, -0.2) is 28.3 Å². The summed E-state index contributed by atoms with van der Waals surface area (Å²) in [6.45, 7) is 5.38. The number of aryl methyl sites for hydroxylation is 1. The minimum absolute atomic E-state index is 0.0922. The topological polar surface area (TPSA) is 86.6 Å². The van der Waals surface area contributed by atoms with E-state index < -0.39 is 7.60 Å². The largest absolute Gasteiger partial charge is 0.325 e. The SMILES string of the molecule is CCCCCCCCCC(=O)c1ccc(CNCCCP(=O)(O)O)cc1C. The van der Waals surface area contributed by atoms with Gasteiger partial charge in [0.25, 0.3) is 0 Å². The van der Waals surface area contributed by atoms with Crippen molar-refractivity contribution in [3.63, 3.8) is 0 Å². The molecule has 0 saturated carbocycles. The molecule has 154 valence electrons. The summed E-state index contributed by atoms with van der Waals surface area (Å²) in [4.78, 5) is 30.1. The van der Waals surface area contributed by atoms with Crippen LogP contribution in [-0.2, 0) is 11.1 Å². The average Bonchev–Trinajstić information content (AvgIpc) is 2.59. The highest BCUT2D eigenvalue weighted by molar-refractivity contribution is 7.51. The smallest absolute Gasteiger partial charge is 0.324 e. The predicted molar refractivity (Wildman–Crippen MR) is 111 cm³/mol. The molecular formula is C21H36NO4P. The third-order valence-electron chi connectivity index (χ3n) is 4.73. The summed E-state index contributed by atoms with van der Waals surface area (Å²) in [7, 11) is -3.90. The Bertz CT molecular complexity index is 612. The Hall–Kier alpha value is -1.00. The van der Waals surface area contributed by atoms with Gasteiger partial charge in [0.2, 0.25) is 0 Å². The molecule has 0 spiro atoms. The van der Waals surface area contributed by atoms with Gasteiger partial charge in [0.15, 0.2) is 5.78 Å². The molecule has 0 heterocycles. The summed E-state index contributed by atoms with van der Waals surface area (Å²) in [6, 6.07) is 5.89. The Balaban J connectivity index is 2.30. The van der Waals surface area contributed by atoms with Gasteiger partial charge in [-0.25, -0.2) is 0 Å². The highest BCUT2D eigenvalue weighted by atomic mass is 31.2. The maximum atomic E-state index is 12.4. The summed E-state index contributed by atoms with van der Waals surface area (Å²) in [5, 5.41) is 3.18. The first-order valence-corrected chi connectivity index (χ1v) is 12.0. The van der Waals surface area contributed by atoms with Gasteiger partial charge in [-0.15, -0.1) is 0 Å². The monoisotopic (exact) mass is 397 g/mol. The molecule has 0 bridgehead atoms. The van der Waals surface area contributed by atoms with Crippen LogP contribution in [0.25, 0.3) is 0 Å². The molecule has 0 aromatic heterocycles. The first-order chi connectivity index (χ1) is 12.8. The molecule has 0 atom stereocenters. The summed E-state index contributed by atoms with van der Waals surface area (Å²) in [5.74, 6) is 0.224. The number of ketones is 1. The number of rotatable bonds is 15. The van der Waals surface area contributed by atoms with Crippen LogP contribution < -0.4 is 5.32 Å². The minimum atomic E-state index is -3.90. The molecule has 1 rings (SSSR count). The molecule has 1 aromatic rings. The molecule has 0 unspecified atom stereocenters. The van der Waals surface area contributed by atoms with Gasteiger partial charge < -0.3 is 15.1 Å². The van der Waals surface area contributed by atoms with E-state index in [1.54, 1.807) is 0 Å². The standard InChI is InChI=1S/C21H36NO4P/c1-3-4-5-6-7-8-9-11-21(23)20-13-12-19(16-18(20)2)17-22-14-10-15-27(24,25)26/h12-13,16,22H,3-11,14-15,17H2,1-2H3,(H2,24,25,26). The molecule has 27 heavy (non-hydrogen) atoms. The number of nitrogens with one attached hydrogen (secondary N) is 1. The van der Waals surface area contributed by atoms with Gasteiger partial charge in [-0.2, -0.15) is 0 Å². The van der Waals surface area contributed by atoms with E-state index in [4.69, 9.17) is 9.79 Å². The molecule has 0 fully saturated rings. The summed E-state index contributed by atoms with van der Waals surface area (Å²) < 4.78 is 10.8. The quantitative estimate of drug-likeness (QED) is 0.221. The van der Waals surface area contributed by atoms with Crippen molar-refractivity contribution in [2.24, 2.45) is 0 Å². The van der Waals surface area contributed by atoms with E-state index >= 15 is 0 Å². The second kappa shape index (κ2) is 13.2. The van der Waals surface area contributed by atoms with Crippen LogP contribution in [0, 0.1) is 6.92 Å². The third kappa shape index (κ3) is 11.4. The molecule has 5 nitrogen and oxygen atoms in total. The lowest BCUT2D eigenvalue weighted by Gasteiger charge is -2.10. The molecule has 0 amide bonds. The molecule has 3 N–H and O–H groups in total. The Kier molecular flexibility index (Phi) is 11.8. The molecule has 1 aromatic carbocycles. The first-order valence-electron chi connectivity index (χ1n) is 10.2. The average molecular weight is 397 g/mol. The Morgan fingerprint density at radius 3 is 2.33 bits per heavy atom. The molecule has 0 aliphatic carbocycles. The maximum absolute atomic E-state index is 12.4. The molecule has 0 aliphatic rings. The molecule has 6 heteroatoms. The highest BCUT2D eigenvalue weighted by Crippen LogP contribution is 2.34. The highest BCUT2D eigenvalue weighted by Gasteiger charge is 2.12. The zero-order chi connectivity index (χ0) is 20.1. The molecular weight excluding hydrogens is 361 g/mol. The van der Waals surface area contributed by atoms with Crippen LogP contribution in [0.15, 0.2) is 18.2 Å². The van der Waals surface area contributed by atoms with Gasteiger partial charge in [-0.1, -0.05) is 63.6 Å². The number of benzene rings is 1. The van der Waals surface area contributed by atoms with Crippen LogP contribution in [0.5, 0.6) is 0 Å². The summed E-state index contributed by atoms with van der Waals surface area (Å²) in [5.41, 5.74) is 2.89. The van der Waals surface area contributed by atoms with Crippen molar-refractivity contribution in [2.75, 3.05) is 12.7 Å². The molecule has 0 aliphatic heterocycles. The lowest BCUT2D eigenvalue weighted by Crippen LogP contribution is -2.16. The van der Waals surface area contributed by atoms with Gasteiger partial charge in [0.1, 0.15) is 0 Å². The van der Waals surface area contributed by atoms with Crippen molar-refractivity contribution in [3.05, 3.63) is 34.9 Å². The summed E-state index contributed by atoms with van der Waals surface area (Å²) in [6.07, 6.45) is 9.43. The lowest BCUT2D eigenvalue weighted by molar-refractivity contribution is 0.0978. The number of unbranched alkanes of at least 4 members (excludes halogenated alkanes) is 6. The van der Waals surface area contributed by atoms with Gasteiger partial charge in [0.05, 0.1) is 6.16 Å². The second-order valence-electron chi connectivity index (χ2n) is 7.36. The van der Waals surface area contributed by atoms with Crippen molar-refractivity contribution < 1.29 is 19.1 Å². The predicted octanol–water partition coefficient (Wildman–Crippen LogP) is 4.98. The van der Waals surface area contributed by atoms with Crippen LogP contribution in [0.4, 0.5) is 0 Å². The summed E-state index contributed by atoms with van der Waals surface area (Å²) >= 11 is 0. The number of hydrogen-bond acceptors (Lipinski definition) is 3. The van der Waals surface area contributed by atoms with Crippen LogP contribution >= 0.6 is 7.60 Å². The van der Waals surface area contributed by atoms with Crippen LogP contribution in [0.1, 0.15) is 86.2 Å². The van der Waals surface area contributed by atoms with Crippen molar-refractivity contribution in [2.45, 2.75) is 78.2 Å². The Morgan fingerprint density at radius 1 is 1.04 bits per heavy atom. The van der Waals surface area contributed by atoms with Crippen LogP contribution in [0.3, 0.4) is 0 Å². The van der Waals surface area contributed by atoms with E-state index in [-0.39, 0.29) is 11.9 Å². The van der Waals surface area contributed by atoms with E-state index in [0.29, 0.717) is 25.9 Å². The van der Waals surface area contributed by atoms with E-state index in [9.17, 15) is 9.36 Å². The maximum Gasteiger partial charge on any atom is 0.325 e. The fourth-order valence-electron chi connectivity index (χ4n) is 3.17. The van der Waals surface area contributed by atoms with E-state index in [1.165, 1.54) is 32.1 Å². The first kappa shape index (κ1) is 24.0. The zero-order valence-corrected chi connectivity index (χ0v) is 17.8. The zero-order valence-electron chi connectivity index (χ0n) is 16.9. The second-order valence-corrected chi connectivity index (χ2v) is 9.14. The van der Waals surface area contributed by atoms with E-state index in [1.807, 2.05) is 25.1 Å². The van der Waals surface area contributed by atoms with Gasteiger partial charge in [-0.05, 0) is 37.4 Å². The number of carbonyl (C=O) groups is 1. The van der Waals surface area contributed by atoms with Gasteiger partial charge >= 0.3 is 7.60 Å². The Morgan fingerprint density at radius 2 is 1.70 bits per heavy atom. The number of hydrogen-bond donors (Lipinski definition) is 3. The van der Waals surface area contributed by atoms with Crippen molar-refractivity contribution in [1.29, 1.82) is 0 Å². The minimum Gasteiger partial charge on any atom is -0.324 e. The number of carbonyl (C=O) groups excluding carboxylic acids is 1.